The molecule has 0 aliphatic carbocycles. The van der Waals surface area contributed by atoms with E-state index in [1.54, 1.807) is 18.0 Å². The summed E-state index contributed by atoms with van der Waals surface area (Å²) in [6, 6.07) is 9.45. The van der Waals surface area contributed by atoms with Crippen LogP contribution in [0.2, 0.25) is 0 Å². The minimum absolute atomic E-state index is 0.00959. The van der Waals surface area contributed by atoms with Gasteiger partial charge in [-0.1, -0.05) is 6.07 Å². The fourth-order valence-electron chi connectivity index (χ4n) is 3.20. The third-order valence-corrected chi connectivity index (χ3v) is 4.77. The summed E-state index contributed by atoms with van der Waals surface area (Å²) in [5.41, 5.74) is 1.78. The molecule has 0 N–H and O–H groups in total. The monoisotopic (exact) mass is 382 g/mol. The van der Waals surface area contributed by atoms with Crippen LogP contribution in [0, 0.1) is 6.92 Å². The fourth-order valence-corrected chi connectivity index (χ4v) is 3.20. The first kappa shape index (κ1) is 18.0. The molecule has 1 saturated heterocycles. The standard InChI is InChI=1S/C19H22N6O3/c1-14-3-4-15(16(11-14)27-2)28-12-19(26)24-9-7-23(8-10-24)18-6-5-17-21-20-13-25(17)22-18/h3-6,11,13H,7-10,12H2,1-2H3. The van der Waals surface area contributed by atoms with Crippen molar-refractivity contribution in [3.05, 3.63) is 42.2 Å². The molecule has 0 atom stereocenters. The summed E-state index contributed by atoms with van der Waals surface area (Å²) in [6.07, 6.45) is 1.58. The van der Waals surface area contributed by atoms with E-state index in [4.69, 9.17) is 9.47 Å². The van der Waals surface area contributed by atoms with Crippen LogP contribution in [0.4, 0.5) is 5.82 Å². The SMILES string of the molecule is COc1cc(C)ccc1OCC(=O)N1CCN(c2ccc3nncn3n2)CC1. The Labute approximate surface area is 162 Å². The maximum Gasteiger partial charge on any atom is 0.260 e. The molecule has 0 radical (unpaired) electrons. The zero-order chi connectivity index (χ0) is 19.5. The number of rotatable bonds is 5. The normalized spacial score (nSPS) is 14.4. The third kappa shape index (κ3) is 3.68. The van der Waals surface area contributed by atoms with Gasteiger partial charge in [-0.2, -0.15) is 4.52 Å². The van der Waals surface area contributed by atoms with E-state index < -0.39 is 0 Å². The van der Waals surface area contributed by atoms with E-state index >= 15 is 0 Å². The maximum absolute atomic E-state index is 12.5. The van der Waals surface area contributed by atoms with Crippen LogP contribution in [0.15, 0.2) is 36.7 Å². The van der Waals surface area contributed by atoms with Crippen LogP contribution in [0.25, 0.3) is 5.65 Å². The predicted molar refractivity (Wildman–Crippen MR) is 103 cm³/mol. The lowest BCUT2D eigenvalue weighted by Gasteiger charge is -2.35. The van der Waals surface area contributed by atoms with Crippen molar-refractivity contribution in [1.82, 2.24) is 24.7 Å². The predicted octanol–water partition coefficient (Wildman–Crippen LogP) is 1.17. The first-order chi connectivity index (χ1) is 13.6. The summed E-state index contributed by atoms with van der Waals surface area (Å²) in [6.45, 7) is 4.63. The minimum Gasteiger partial charge on any atom is -0.493 e. The summed E-state index contributed by atoms with van der Waals surface area (Å²) in [7, 11) is 1.59. The van der Waals surface area contributed by atoms with E-state index in [0.717, 1.165) is 11.4 Å². The van der Waals surface area contributed by atoms with E-state index in [1.807, 2.05) is 42.2 Å². The summed E-state index contributed by atoms with van der Waals surface area (Å²) in [5.74, 6) is 2.02. The van der Waals surface area contributed by atoms with Crippen LogP contribution in [0.5, 0.6) is 11.5 Å². The average Bonchev–Trinajstić information content (AvgIpc) is 3.20. The van der Waals surface area contributed by atoms with Crippen molar-refractivity contribution in [3.8, 4) is 11.5 Å². The average molecular weight is 382 g/mol. The number of piperazine rings is 1. The molecule has 1 amide bonds. The quantitative estimate of drug-likeness (QED) is 0.655. The van der Waals surface area contributed by atoms with Crippen LogP contribution in [0.3, 0.4) is 0 Å². The second kappa shape index (κ2) is 7.71. The smallest absolute Gasteiger partial charge is 0.260 e. The van der Waals surface area contributed by atoms with Crippen molar-refractivity contribution in [2.24, 2.45) is 0 Å². The van der Waals surface area contributed by atoms with E-state index in [2.05, 4.69) is 20.2 Å². The van der Waals surface area contributed by atoms with E-state index in [-0.39, 0.29) is 12.5 Å². The van der Waals surface area contributed by atoms with Crippen LogP contribution in [-0.4, -0.2) is 70.5 Å². The molecule has 1 aliphatic rings. The van der Waals surface area contributed by atoms with Gasteiger partial charge in [0.15, 0.2) is 23.8 Å². The lowest BCUT2D eigenvalue weighted by molar-refractivity contribution is -0.133. The zero-order valence-electron chi connectivity index (χ0n) is 15.9. The highest BCUT2D eigenvalue weighted by atomic mass is 16.5. The number of anilines is 1. The molecule has 1 aliphatic heterocycles. The summed E-state index contributed by atoms with van der Waals surface area (Å²) in [4.78, 5) is 16.5. The molecular weight excluding hydrogens is 360 g/mol. The van der Waals surface area contributed by atoms with Crippen molar-refractivity contribution >= 4 is 17.4 Å². The molecule has 9 nitrogen and oxygen atoms in total. The van der Waals surface area contributed by atoms with Gasteiger partial charge in [-0.25, -0.2) is 0 Å². The van der Waals surface area contributed by atoms with E-state index in [1.165, 1.54) is 0 Å². The fraction of sp³-hybridized carbons (Fsp3) is 0.368. The highest BCUT2D eigenvalue weighted by molar-refractivity contribution is 5.78. The lowest BCUT2D eigenvalue weighted by atomic mass is 10.2. The van der Waals surface area contributed by atoms with Gasteiger partial charge in [-0.05, 0) is 36.8 Å². The van der Waals surface area contributed by atoms with Crippen LogP contribution in [-0.2, 0) is 4.79 Å². The van der Waals surface area contributed by atoms with Gasteiger partial charge in [0.1, 0.15) is 12.1 Å². The topological polar surface area (TPSA) is 85.1 Å². The molecule has 2 aromatic heterocycles. The molecular formula is C19H22N6O3. The Morgan fingerprint density at radius 1 is 1.11 bits per heavy atom. The number of aromatic nitrogens is 4. The minimum atomic E-state index is -0.0375. The number of amides is 1. The van der Waals surface area contributed by atoms with E-state index in [0.29, 0.717) is 43.3 Å². The van der Waals surface area contributed by atoms with Crippen molar-refractivity contribution in [2.45, 2.75) is 6.92 Å². The first-order valence-electron chi connectivity index (χ1n) is 9.11. The molecule has 146 valence electrons. The van der Waals surface area contributed by atoms with Crippen molar-refractivity contribution < 1.29 is 14.3 Å². The zero-order valence-corrected chi connectivity index (χ0v) is 15.9. The number of benzene rings is 1. The molecule has 4 rings (SSSR count). The Hall–Kier alpha value is -3.36. The number of carbonyl (C=O) groups excluding carboxylic acids is 1. The number of aryl methyl sites for hydroxylation is 1. The Morgan fingerprint density at radius 3 is 2.71 bits per heavy atom. The third-order valence-electron chi connectivity index (χ3n) is 4.77. The molecule has 0 spiro atoms. The van der Waals surface area contributed by atoms with E-state index in [9.17, 15) is 4.79 Å². The van der Waals surface area contributed by atoms with Gasteiger partial charge in [-0.3, -0.25) is 4.79 Å². The number of hydrogen-bond donors (Lipinski definition) is 0. The molecule has 3 aromatic rings. The second-order valence-corrected chi connectivity index (χ2v) is 6.64. The maximum atomic E-state index is 12.5. The second-order valence-electron chi connectivity index (χ2n) is 6.64. The lowest BCUT2D eigenvalue weighted by Crippen LogP contribution is -2.50. The summed E-state index contributed by atoms with van der Waals surface area (Å²) < 4.78 is 12.7. The number of methoxy groups -OCH3 is 1. The van der Waals surface area contributed by atoms with Gasteiger partial charge in [0.05, 0.1) is 7.11 Å². The van der Waals surface area contributed by atoms with Crippen LogP contribution < -0.4 is 14.4 Å². The number of fused-ring (bicyclic) bond motifs is 1. The van der Waals surface area contributed by atoms with Crippen LogP contribution >= 0.6 is 0 Å². The van der Waals surface area contributed by atoms with Gasteiger partial charge < -0.3 is 19.3 Å². The molecule has 1 aromatic carbocycles. The Balaban J connectivity index is 1.32. The first-order valence-corrected chi connectivity index (χ1v) is 9.11. The van der Waals surface area contributed by atoms with Gasteiger partial charge in [0.25, 0.3) is 5.91 Å². The molecule has 9 heteroatoms. The van der Waals surface area contributed by atoms with Gasteiger partial charge in [0, 0.05) is 26.2 Å². The summed E-state index contributed by atoms with van der Waals surface area (Å²) in [5, 5.41) is 12.3. The Morgan fingerprint density at radius 2 is 1.93 bits per heavy atom. The molecule has 1 fully saturated rings. The van der Waals surface area contributed by atoms with Crippen LogP contribution in [0.1, 0.15) is 5.56 Å². The number of hydrogen-bond acceptors (Lipinski definition) is 7. The largest absolute Gasteiger partial charge is 0.493 e. The highest BCUT2D eigenvalue weighted by Gasteiger charge is 2.23. The van der Waals surface area contributed by atoms with Crippen molar-refractivity contribution in [2.75, 3.05) is 44.8 Å². The van der Waals surface area contributed by atoms with Crippen molar-refractivity contribution in [3.63, 3.8) is 0 Å². The van der Waals surface area contributed by atoms with Gasteiger partial charge in [0.2, 0.25) is 0 Å². The molecule has 0 bridgehead atoms. The molecule has 28 heavy (non-hydrogen) atoms. The Bertz CT molecular complexity index is 981. The van der Waals surface area contributed by atoms with Gasteiger partial charge in [-0.15, -0.1) is 15.3 Å². The number of carbonyl (C=O) groups is 1. The molecule has 3 heterocycles. The van der Waals surface area contributed by atoms with Gasteiger partial charge >= 0.3 is 0 Å². The molecule has 0 saturated carbocycles. The number of ether oxygens (including phenoxy) is 2. The highest BCUT2D eigenvalue weighted by Crippen LogP contribution is 2.27. The van der Waals surface area contributed by atoms with Crippen molar-refractivity contribution in [1.29, 1.82) is 0 Å². The number of nitrogens with zero attached hydrogens (tertiary/aromatic N) is 6. The Kier molecular flexibility index (Phi) is 4.96. The molecule has 0 unspecified atom stereocenters. The summed E-state index contributed by atoms with van der Waals surface area (Å²) >= 11 is 0.